The minimum Gasteiger partial charge on any atom is -0.365 e. The summed E-state index contributed by atoms with van der Waals surface area (Å²) in [5.74, 6) is -1.12. The predicted molar refractivity (Wildman–Crippen MR) is 108 cm³/mol. The van der Waals surface area contributed by atoms with Crippen molar-refractivity contribution in [1.29, 1.82) is 0 Å². The van der Waals surface area contributed by atoms with Gasteiger partial charge in [0.25, 0.3) is 11.8 Å². The van der Waals surface area contributed by atoms with E-state index in [1.165, 1.54) is 11.3 Å². The first kappa shape index (κ1) is 18.7. The van der Waals surface area contributed by atoms with Crippen LogP contribution in [0, 0.1) is 0 Å². The smallest absolute Gasteiger partial charge is 0.257 e. The van der Waals surface area contributed by atoms with Gasteiger partial charge >= 0.3 is 0 Å². The number of nitrogens with two attached hydrogens (primary N) is 1. The highest BCUT2D eigenvalue weighted by molar-refractivity contribution is 7.15. The number of thiophene rings is 1. The molecule has 0 aliphatic heterocycles. The second-order valence-corrected chi connectivity index (χ2v) is 7.41. The Morgan fingerprint density at radius 3 is 2.35 bits per heavy atom. The summed E-state index contributed by atoms with van der Waals surface area (Å²) in [6, 6.07) is 11.5. The number of nitrogens with one attached hydrogen (secondary N) is 1. The Hall–Kier alpha value is -2.05. The third kappa shape index (κ3) is 3.71. The van der Waals surface area contributed by atoms with Crippen LogP contribution in [-0.2, 0) is 0 Å². The molecular weight excluding hydrogens is 415 g/mol. The Kier molecular flexibility index (Phi) is 5.53. The molecule has 0 aliphatic rings. The molecule has 0 spiro atoms. The zero-order valence-corrected chi connectivity index (χ0v) is 16.1. The fourth-order valence-electron chi connectivity index (χ4n) is 2.42. The molecule has 1 heterocycles. The van der Waals surface area contributed by atoms with Gasteiger partial charge in [-0.1, -0.05) is 53.0 Å². The molecule has 3 aromatic rings. The number of carbonyl (C=O) groups is 2. The largest absolute Gasteiger partial charge is 0.365 e. The van der Waals surface area contributed by atoms with Gasteiger partial charge in [-0.2, -0.15) is 0 Å². The fraction of sp³-hybridized carbons (Fsp3) is 0. The van der Waals surface area contributed by atoms with Gasteiger partial charge in [-0.15, -0.1) is 11.3 Å². The molecule has 132 valence electrons. The van der Waals surface area contributed by atoms with Crippen LogP contribution in [0.25, 0.3) is 11.1 Å². The summed E-state index contributed by atoms with van der Waals surface area (Å²) in [6.07, 6.45) is 0. The second-order valence-electron chi connectivity index (χ2n) is 5.28. The zero-order chi connectivity index (χ0) is 18.8. The molecule has 4 nitrogen and oxygen atoms in total. The molecule has 0 aliphatic carbocycles. The van der Waals surface area contributed by atoms with E-state index in [1.54, 1.807) is 47.8 Å². The number of hydrogen-bond acceptors (Lipinski definition) is 3. The van der Waals surface area contributed by atoms with Gasteiger partial charge in [-0.05, 0) is 24.3 Å². The number of amides is 2. The maximum atomic E-state index is 12.5. The van der Waals surface area contributed by atoms with Crippen LogP contribution in [0.2, 0.25) is 15.1 Å². The Morgan fingerprint density at radius 1 is 0.962 bits per heavy atom. The van der Waals surface area contributed by atoms with E-state index in [4.69, 9.17) is 40.5 Å². The Bertz CT molecular complexity index is 1020. The number of carbonyl (C=O) groups excluding carboxylic acids is 2. The molecule has 0 atom stereocenters. The molecule has 3 N–H and O–H groups in total. The average molecular weight is 426 g/mol. The molecule has 0 saturated carbocycles. The third-order valence-corrected chi connectivity index (χ3v) is 5.38. The molecule has 0 saturated heterocycles. The Balaban J connectivity index is 2.02. The lowest BCUT2D eigenvalue weighted by atomic mass is 10.0. The number of halogens is 3. The quantitative estimate of drug-likeness (QED) is 0.560. The van der Waals surface area contributed by atoms with E-state index < -0.39 is 11.8 Å². The SMILES string of the molecule is NC(=O)c1c(-c2ccc(Cl)cc2Cl)csc1NC(=O)c1ccccc1Cl. The van der Waals surface area contributed by atoms with Crippen LogP contribution in [0.1, 0.15) is 20.7 Å². The lowest BCUT2D eigenvalue weighted by Crippen LogP contribution is -2.17. The zero-order valence-electron chi connectivity index (χ0n) is 13.1. The molecule has 0 unspecified atom stereocenters. The van der Waals surface area contributed by atoms with E-state index in [0.29, 0.717) is 36.8 Å². The summed E-state index contributed by atoms with van der Waals surface area (Å²) < 4.78 is 0. The van der Waals surface area contributed by atoms with E-state index in [2.05, 4.69) is 5.32 Å². The van der Waals surface area contributed by atoms with Gasteiger partial charge in [0.1, 0.15) is 5.00 Å². The standard InChI is InChI=1S/C18H11Cl3N2O2S/c19-9-5-6-10(14(21)7-9)12-8-26-18(15(12)16(22)24)23-17(25)11-3-1-2-4-13(11)20/h1-8H,(H2,22,24)(H,23,25). The second kappa shape index (κ2) is 7.68. The van der Waals surface area contributed by atoms with Gasteiger partial charge in [0.15, 0.2) is 0 Å². The molecule has 2 amide bonds. The minimum absolute atomic E-state index is 0.180. The maximum absolute atomic E-state index is 12.5. The van der Waals surface area contributed by atoms with Crippen LogP contribution < -0.4 is 11.1 Å². The van der Waals surface area contributed by atoms with E-state index >= 15 is 0 Å². The van der Waals surface area contributed by atoms with Crippen LogP contribution in [-0.4, -0.2) is 11.8 Å². The van der Waals surface area contributed by atoms with Crippen molar-refractivity contribution in [3.8, 4) is 11.1 Å². The monoisotopic (exact) mass is 424 g/mol. The van der Waals surface area contributed by atoms with Crippen molar-refractivity contribution in [2.45, 2.75) is 0 Å². The van der Waals surface area contributed by atoms with Crippen LogP contribution in [0.15, 0.2) is 47.8 Å². The van der Waals surface area contributed by atoms with Crippen molar-refractivity contribution in [1.82, 2.24) is 0 Å². The molecule has 8 heteroatoms. The average Bonchev–Trinajstić information content (AvgIpc) is 2.98. The highest BCUT2D eigenvalue weighted by Crippen LogP contribution is 2.39. The maximum Gasteiger partial charge on any atom is 0.257 e. The van der Waals surface area contributed by atoms with Crippen LogP contribution in [0.4, 0.5) is 5.00 Å². The van der Waals surface area contributed by atoms with Crippen LogP contribution in [0.5, 0.6) is 0 Å². The summed E-state index contributed by atoms with van der Waals surface area (Å²) in [5.41, 5.74) is 7.14. The highest BCUT2D eigenvalue weighted by Gasteiger charge is 2.22. The molecule has 2 aromatic carbocycles. The number of primary amides is 1. The van der Waals surface area contributed by atoms with Crippen molar-refractivity contribution in [2.75, 3.05) is 5.32 Å². The molecule has 0 radical (unpaired) electrons. The van der Waals surface area contributed by atoms with E-state index in [0.717, 1.165) is 0 Å². The molecule has 1 aromatic heterocycles. The van der Waals surface area contributed by atoms with Gasteiger partial charge < -0.3 is 11.1 Å². The molecule has 3 rings (SSSR count). The normalized spacial score (nSPS) is 10.6. The highest BCUT2D eigenvalue weighted by atomic mass is 35.5. The van der Waals surface area contributed by atoms with Crippen molar-refractivity contribution >= 4 is 63.0 Å². The summed E-state index contributed by atoms with van der Waals surface area (Å²) in [4.78, 5) is 24.5. The minimum atomic E-state index is -0.679. The Morgan fingerprint density at radius 2 is 1.69 bits per heavy atom. The number of hydrogen-bond donors (Lipinski definition) is 2. The summed E-state index contributed by atoms with van der Waals surface area (Å²) in [5, 5.41) is 5.88. The molecule has 0 bridgehead atoms. The summed E-state index contributed by atoms with van der Waals surface area (Å²) in [6.45, 7) is 0. The van der Waals surface area contributed by atoms with Crippen molar-refractivity contribution in [2.24, 2.45) is 5.73 Å². The van der Waals surface area contributed by atoms with Crippen molar-refractivity contribution < 1.29 is 9.59 Å². The number of rotatable bonds is 4. The fourth-order valence-corrected chi connectivity index (χ4v) is 4.11. The lowest BCUT2D eigenvalue weighted by Gasteiger charge is -2.08. The third-order valence-electron chi connectivity index (χ3n) is 3.60. The predicted octanol–water partition coefficient (Wildman–Crippen LogP) is 5.73. The van der Waals surface area contributed by atoms with Gasteiger partial charge in [-0.3, -0.25) is 9.59 Å². The molecular formula is C18H11Cl3N2O2S. The topological polar surface area (TPSA) is 72.2 Å². The van der Waals surface area contributed by atoms with Crippen LogP contribution >= 0.6 is 46.1 Å². The van der Waals surface area contributed by atoms with E-state index in [9.17, 15) is 9.59 Å². The number of benzene rings is 2. The summed E-state index contributed by atoms with van der Waals surface area (Å²) in [7, 11) is 0. The van der Waals surface area contributed by atoms with Gasteiger partial charge in [0.05, 0.1) is 16.1 Å². The van der Waals surface area contributed by atoms with Crippen molar-refractivity contribution in [3.63, 3.8) is 0 Å². The van der Waals surface area contributed by atoms with Crippen molar-refractivity contribution in [3.05, 3.63) is 74.0 Å². The first-order valence-electron chi connectivity index (χ1n) is 7.31. The molecule has 26 heavy (non-hydrogen) atoms. The lowest BCUT2D eigenvalue weighted by molar-refractivity contribution is 0.100. The van der Waals surface area contributed by atoms with E-state index in [1.807, 2.05) is 0 Å². The molecule has 0 fully saturated rings. The van der Waals surface area contributed by atoms with E-state index in [-0.39, 0.29) is 5.56 Å². The van der Waals surface area contributed by atoms with Gasteiger partial charge in [-0.25, -0.2) is 0 Å². The van der Waals surface area contributed by atoms with Gasteiger partial charge in [0.2, 0.25) is 0 Å². The Labute approximate surface area is 168 Å². The first-order chi connectivity index (χ1) is 12.4. The number of anilines is 1. The first-order valence-corrected chi connectivity index (χ1v) is 9.32. The summed E-state index contributed by atoms with van der Waals surface area (Å²) >= 11 is 19.4. The van der Waals surface area contributed by atoms with Gasteiger partial charge in [0, 0.05) is 26.6 Å². The van der Waals surface area contributed by atoms with Crippen LogP contribution in [0.3, 0.4) is 0 Å².